The van der Waals surface area contributed by atoms with Gasteiger partial charge in [-0.1, -0.05) is 42.0 Å². The lowest BCUT2D eigenvalue weighted by Crippen LogP contribution is -1.91. The molecule has 76 valence electrons. The van der Waals surface area contributed by atoms with Crippen LogP contribution in [0.3, 0.4) is 0 Å². The predicted molar refractivity (Wildman–Crippen MR) is 65.8 cm³/mol. The van der Waals surface area contributed by atoms with Crippen molar-refractivity contribution in [3.63, 3.8) is 0 Å². The van der Waals surface area contributed by atoms with Crippen LogP contribution in [-0.4, -0.2) is 0 Å². The molecule has 0 spiro atoms. The molecule has 0 radical (unpaired) electrons. The smallest absolute Gasteiger partial charge is 0.0393 e. The van der Waals surface area contributed by atoms with Crippen LogP contribution in [0.2, 0.25) is 0 Å². The highest BCUT2D eigenvalue weighted by molar-refractivity contribution is 5.78. The number of nitrogen functional groups attached to an aromatic ring is 1. The van der Waals surface area contributed by atoms with E-state index in [4.69, 9.17) is 5.73 Å². The van der Waals surface area contributed by atoms with Crippen LogP contribution in [-0.2, 0) is 0 Å². The summed E-state index contributed by atoms with van der Waals surface area (Å²) in [4.78, 5) is 0. The third kappa shape index (κ3) is 1.86. The average Bonchev–Trinajstić information content (AvgIpc) is 2.23. The maximum atomic E-state index is 5.97. The van der Waals surface area contributed by atoms with E-state index in [2.05, 4.69) is 38.1 Å². The molecule has 2 N–H and O–H groups in total. The monoisotopic (exact) mass is 197 g/mol. The van der Waals surface area contributed by atoms with Gasteiger partial charge in [-0.15, -0.1) is 0 Å². The van der Waals surface area contributed by atoms with Gasteiger partial charge in [-0.3, -0.25) is 0 Å². The van der Waals surface area contributed by atoms with Gasteiger partial charge in [-0.25, -0.2) is 0 Å². The molecular formula is C14H15N. The second-order valence-corrected chi connectivity index (χ2v) is 3.91. The minimum absolute atomic E-state index is 0.839. The summed E-state index contributed by atoms with van der Waals surface area (Å²) in [7, 11) is 0. The Bertz CT molecular complexity index is 486. The first-order chi connectivity index (χ1) is 7.18. The molecule has 1 heteroatoms. The lowest BCUT2D eigenvalue weighted by atomic mass is 9.97. The second kappa shape index (κ2) is 3.77. The number of benzene rings is 2. The zero-order valence-corrected chi connectivity index (χ0v) is 9.12. The van der Waals surface area contributed by atoms with Gasteiger partial charge in [0.15, 0.2) is 0 Å². The average molecular weight is 197 g/mol. The van der Waals surface area contributed by atoms with Gasteiger partial charge in [0.1, 0.15) is 0 Å². The van der Waals surface area contributed by atoms with Crippen molar-refractivity contribution in [1.29, 1.82) is 0 Å². The summed E-state index contributed by atoms with van der Waals surface area (Å²) in [6.45, 7) is 4.21. The maximum Gasteiger partial charge on any atom is 0.0393 e. The molecule has 2 aromatic carbocycles. The number of anilines is 1. The number of hydrogen-bond donors (Lipinski definition) is 1. The van der Waals surface area contributed by atoms with E-state index in [0.29, 0.717) is 0 Å². The Labute approximate surface area is 90.6 Å². The van der Waals surface area contributed by atoms with Crippen molar-refractivity contribution >= 4 is 5.69 Å². The van der Waals surface area contributed by atoms with E-state index < -0.39 is 0 Å². The molecule has 15 heavy (non-hydrogen) atoms. The van der Waals surface area contributed by atoms with Crippen LogP contribution in [0.15, 0.2) is 42.5 Å². The van der Waals surface area contributed by atoms with Gasteiger partial charge in [-0.05, 0) is 31.0 Å². The molecule has 0 aliphatic rings. The Morgan fingerprint density at radius 1 is 0.867 bits per heavy atom. The van der Waals surface area contributed by atoms with Crippen molar-refractivity contribution in [3.05, 3.63) is 53.6 Å². The molecule has 1 nitrogen and oxygen atoms in total. The molecule has 2 aromatic rings. The van der Waals surface area contributed by atoms with Crippen LogP contribution < -0.4 is 5.73 Å². The first kappa shape index (κ1) is 9.78. The summed E-state index contributed by atoms with van der Waals surface area (Å²) in [5, 5.41) is 0. The standard InChI is InChI=1S/C14H15N/c1-10-7-8-11(2)13(9-10)12-5-3-4-6-14(12)15/h3-9H,15H2,1-2H3. The highest BCUT2D eigenvalue weighted by atomic mass is 14.6. The first-order valence-corrected chi connectivity index (χ1v) is 5.10. The van der Waals surface area contributed by atoms with Crippen molar-refractivity contribution in [2.24, 2.45) is 0 Å². The molecular weight excluding hydrogens is 182 g/mol. The molecule has 0 saturated heterocycles. The van der Waals surface area contributed by atoms with E-state index in [1.807, 2.05) is 18.2 Å². The fourth-order valence-electron chi connectivity index (χ4n) is 1.77. The summed E-state index contributed by atoms with van der Waals surface area (Å²) in [5.41, 5.74) is 11.7. The highest BCUT2D eigenvalue weighted by Crippen LogP contribution is 2.28. The van der Waals surface area contributed by atoms with E-state index in [-0.39, 0.29) is 0 Å². The number of nitrogens with two attached hydrogens (primary N) is 1. The van der Waals surface area contributed by atoms with Gasteiger partial charge in [0, 0.05) is 11.3 Å². The fourth-order valence-corrected chi connectivity index (χ4v) is 1.77. The summed E-state index contributed by atoms with van der Waals surface area (Å²) in [5.74, 6) is 0. The predicted octanol–water partition coefficient (Wildman–Crippen LogP) is 3.55. The molecule has 0 aromatic heterocycles. The molecule has 0 aliphatic carbocycles. The van der Waals surface area contributed by atoms with Crippen LogP contribution >= 0.6 is 0 Å². The van der Waals surface area contributed by atoms with E-state index >= 15 is 0 Å². The molecule has 0 heterocycles. The van der Waals surface area contributed by atoms with Crippen molar-refractivity contribution in [1.82, 2.24) is 0 Å². The summed E-state index contributed by atoms with van der Waals surface area (Å²) >= 11 is 0. The van der Waals surface area contributed by atoms with Gasteiger partial charge in [-0.2, -0.15) is 0 Å². The number of para-hydroxylation sites is 1. The molecule has 0 atom stereocenters. The van der Waals surface area contributed by atoms with Gasteiger partial charge in [0.05, 0.1) is 0 Å². The van der Waals surface area contributed by atoms with Crippen LogP contribution in [0, 0.1) is 13.8 Å². The maximum absolute atomic E-state index is 5.97. The quantitative estimate of drug-likeness (QED) is 0.695. The van der Waals surface area contributed by atoms with Crippen LogP contribution in [0.25, 0.3) is 11.1 Å². The van der Waals surface area contributed by atoms with Crippen LogP contribution in [0.5, 0.6) is 0 Å². The van der Waals surface area contributed by atoms with E-state index in [9.17, 15) is 0 Å². The molecule has 2 rings (SSSR count). The molecule has 0 unspecified atom stereocenters. The number of rotatable bonds is 1. The Morgan fingerprint density at radius 3 is 2.33 bits per heavy atom. The first-order valence-electron chi connectivity index (χ1n) is 5.10. The molecule has 0 saturated carbocycles. The zero-order chi connectivity index (χ0) is 10.8. The SMILES string of the molecule is Cc1ccc(C)c(-c2ccccc2N)c1. The van der Waals surface area contributed by atoms with Gasteiger partial charge >= 0.3 is 0 Å². The van der Waals surface area contributed by atoms with Gasteiger partial charge in [0.2, 0.25) is 0 Å². The molecule has 0 fully saturated rings. The second-order valence-electron chi connectivity index (χ2n) is 3.91. The Hall–Kier alpha value is -1.76. The van der Waals surface area contributed by atoms with Gasteiger partial charge < -0.3 is 5.73 Å². The Morgan fingerprint density at radius 2 is 1.60 bits per heavy atom. The van der Waals surface area contributed by atoms with E-state index in [0.717, 1.165) is 11.3 Å². The molecule has 0 bridgehead atoms. The third-order valence-electron chi connectivity index (χ3n) is 2.64. The van der Waals surface area contributed by atoms with Crippen molar-refractivity contribution in [2.45, 2.75) is 13.8 Å². The summed E-state index contributed by atoms with van der Waals surface area (Å²) in [6.07, 6.45) is 0. The number of aryl methyl sites for hydroxylation is 2. The Kier molecular flexibility index (Phi) is 2.46. The summed E-state index contributed by atoms with van der Waals surface area (Å²) in [6, 6.07) is 14.4. The van der Waals surface area contributed by atoms with Crippen LogP contribution in [0.1, 0.15) is 11.1 Å². The highest BCUT2D eigenvalue weighted by Gasteiger charge is 2.04. The largest absolute Gasteiger partial charge is 0.398 e. The van der Waals surface area contributed by atoms with Gasteiger partial charge in [0.25, 0.3) is 0 Å². The topological polar surface area (TPSA) is 26.0 Å². The third-order valence-corrected chi connectivity index (χ3v) is 2.64. The molecule has 0 amide bonds. The lowest BCUT2D eigenvalue weighted by molar-refractivity contribution is 1.39. The Balaban J connectivity index is 2.64. The minimum Gasteiger partial charge on any atom is -0.398 e. The fraction of sp³-hybridized carbons (Fsp3) is 0.143. The van der Waals surface area contributed by atoms with Crippen molar-refractivity contribution in [3.8, 4) is 11.1 Å². The summed E-state index contributed by atoms with van der Waals surface area (Å²) < 4.78 is 0. The zero-order valence-electron chi connectivity index (χ0n) is 9.12. The van der Waals surface area contributed by atoms with E-state index in [1.54, 1.807) is 0 Å². The number of hydrogen-bond acceptors (Lipinski definition) is 1. The van der Waals surface area contributed by atoms with E-state index in [1.165, 1.54) is 16.7 Å². The molecule has 0 aliphatic heterocycles. The lowest BCUT2D eigenvalue weighted by Gasteiger charge is -2.09. The minimum atomic E-state index is 0.839. The van der Waals surface area contributed by atoms with Crippen LogP contribution in [0.4, 0.5) is 5.69 Å². The normalized spacial score (nSPS) is 10.3. The van der Waals surface area contributed by atoms with Crippen molar-refractivity contribution in [2.75, 3.05) is 5.73 Å². The van der Waals surface area contributed by atoms with Crippen molar-refractivity contribution < 1.29 is 0 Å².